The summed E-state index contributed by atoms with van der Waals surface area (Å²) in [5, 5.41) is 2.85. The SMILES string of the molecule is O=C(NCCc1ccc2c(c1)CCCO2)c1cnccn1. The van der Waals surface area contributed by atoms with E-state index < -0.39 is 0 Å². The molecule has 21 heavy (non-hydrogen) atoms. The first-order valence-electron chi connectivity index (χ1n) is 7.12. The molecule has 0 saturated carbocycles. The van der Waals surface area contributed by atoms with E-state index in [4.69, 9.17) is 4.74 Å². The van der Waals surface area contributed by atoms with Gasteiger partial charge in [0.05, 0.1) is 12.8 Å². The summed E-state index contributed by atoms with van der Waals surface area (Å²) in [6, 6.07) is 6.25. The van der Waals surface area contributed by atoms with E-state index in [1.165, 1.54) is 23.5 Å². The van der Waals surface area contributed by atoms with Crippen molar-refractivity contribution in [3.63, 3.8) is 0 Å². The molecule has 0 atom stereocenters. The number of nitrogens with one attached hydrogen (secondary N) is 1. The van der Waals surface area contributed by atoms with Gasteiger partial charge in [0.15, 0.2) is 0 Å². The zero-order chi connectivity index (χ0) is 14.5. The molecular formula is C16H17N3O2. The largest absolute Gasteiger partial charge is 0.493 e. The highest BCUT2D eigenvalue weighted by atomic mass is 16.5. The lowest BCUT2D eigenvalue weighted by atomic mass is 10.0. The fourth-order valence-corrected chi connectivity index (χ4v) is 2.40. The predicted octanol–water partition coefficient (Wildman–Crippen LogP) is 1.77. The number of fused-ring (bicyclic) bond motifs is 1. The molecule has 1 aromatic heterocycles. The van der Waals surface area contributed by atoms with E-state index in [1.54, 1.807) is 6.20 Å². The Morgan fingerprint density at radius 3 is 3.14 bits per heavy atom. The van der Waals surface area contributed by atoms with Crippen molar-refractivity contribution in [3.05, 3.63) is 53.6 Å². The number of hydrogen-bond donors (Lipinski definition) is 1. The lowest BCUT2D eigenvalue weighted by molar-refractivity contribution is 0.0948. The van der Waals surface area contributed by atoms with Crippen LogP contribution in [0.4, 0.5) is 0 Å². The topological polar surface area (TPSA) is 64.1 Å². The first-order valence-corrected chi connectivity index (χ1v) is 7.12. The van der Waals surface area contributed by atoms with Crippen molar-refractivity contribution in [2.75, 3.05) is 13.2 Å². The molecule has 1 amide bonds. The Balaban J connectivity index is 1.55. The van der Waals surface area contributed by atoms with Gasteiger partial charge in [0, 0.05) is 18.9 Å². The van der Waals surface area contributed by atoms with Crippen LogP contribution in [0, 0.1) is 0 Å². The molecule has 0 saturated heterocycles. The maximum atomic E-state index is 11.8. The number of hydrogen-bond acceptors (Lipinski definition) is 4. The van der Waals surface area contributed by atoms with E-state index in [9.17, 15) is 4.79 Å². The second-order valence-corrected chi connectivity index (χ2v) is 4.99. The van der Waals surface area contributed by atoms with Crippen LogP contribution in [0.1, 0.15) is 28.0 Å². The van der Waals surface area contributed by atoms with Crippen molar-refractivity contribution in [3.8, 4) is 5.75 Å². The van der Waals surface area contributed by atoms with Gasteiger partial charge >= 0.3 is 0 Å². The molecule has 1 N–H and O–H groups in total. The Labute approximate surface area is 123 Å². The fraction of sp³-hybridized carbons (Fsp3) is 0.312. The van der Waals surface area contributed by atoms with Gasteiger partial charge in [0.25, 0.3) is 5.91 Å². The maximum absolute atomic E-state index is 11.8. The van der Waals surface area contributed by atoms with Crippen molar-refractivity contribution in [1.29, 1.82) is 0 Å². The lowest BCUT2D eigenvalue weighted by Crippen LogP contribution is -2.26. The molecule has 1 aliphatic rings. The Morgan fingerprint density at radius 1 is 1.33 bits per heavy atom. The van der Waals surface area contributed by atoms with Gasteiger partial charge < -0.3 is 10.1 Å². The molecule has 0 radical (unpaired) electrons. The van der Waals surface area contributed by atoms with Crippen LogP contribution in [0.15, 0.2) is 36.8 Å². The van der Waals surface area contributed by atoms with E-state index in [0.29, 0.717) is 12.2 Å². The number of aromatic nitrogens is 2. The minimum Gasteiger partial charge on any atom is -0.493 e. The molecule has 5 nitrogen and oxygen atoms in total. The Kier molecular flexibility index (Phi) is 4.09. The number of aryl methyl sites for hydroxylation is 1. The third kappa shape index (κ3) is 3.37. The third-order valence-electron chi connectivity index (χ3n) is 3.47. The monoisotopic (exact) mass is 283 g/mol. The van der Waals surface area contributed by atoms with E-state index in [0.717, 1.165) is 31.6 Å². The Bertz CT molecular complexity index is 629. The average Bonchev–Trinajstić information content (AvgIpc) is 2.55. The molecular weight excluding hydrogens is 266 g/mol. The second-order valence-electron chi connectivity index (χ2n) is 4.99. The standard InChI is InChI=1S/C16H17N3O2/c20-16(14-11-17-7-8-18-14)19-6-5-12-3-4-15-13(10-12)2-1-9-21-15/h3-4,7-8,10-11H,1-2,5-6,9H2,(H,19,20). The molecule has 108 valence electrons. The van der Waals surface area contributed by atoms with Crippen LogP contribution in [0.25, 0.3) is 0 Å². The van der Waals surface area contributed by atoms with E-state index >= 15 is 0 Å². The molecule has 2 aromatic rings. The van der Waals surface area contributed by atoms with Crippen molar-refractivity contribution in [2.24, 2.45) is 0 Å². The van der Waals surface area contributed by atoms with Crippen molar-refractivity contribution in [1.82, 2.24) is 15.3 Å². The zero-order valence-electron chi connectivity index (χ0n) is 11.7. The van der Waals surface area contributed by atoms with Crippen molar-refractivity contribution < 1.29 is 9.53 Å². The first-order chi connectivity index (χ1) is 10.3. The Hall–Kier alpha value is -2.43. The first kappa shape index (κ1) is 13.5. The summed E-state index contributed by atoms with van der Waals surface area (Å²) in [5.41, 5.74) is 2.81. The normalized spacial score (nSPS) is 13.1. The Morgan fingerprint density at radius 2 is 2.29 bits per heavy atom. The number of amides is 1. The molecule has 0 aliphatic carbocycles. The second kappa shape index (κ2) is 6.35. The lowest BCUT2D eigenvalue weighted by Gasteiger charge is -2.17. The number of nitrogens with zero attached hydrogens (tertiary/aromatic N) is 2. The summed E-state index contributed by atoms with van der Waals surface area (Å²) in [5.74, 6) is 0.804. The summed E-state index contributed by atoms with van der Waals surface area (Å²) >= 11 is 0. The van der Waals surface area contributed by atoms with Gasteiger partial charge in [0.1, 0.15) is 11.4 Å². The summed E-state index contributed by atoms with van der Waals surface area (Å²) in [6.45, 7) is 1.38. The van der Waals surface area contributed by atoms with Crippen LogP contribution < -0.4 is 10.1 Å². The van der Waals surface area contributed by atoms with Gasteiger partial charge in [-0.1, -0.05) is 12.1 Å². The summed E-state index contributed by atoms with van der Waals surface area (Å²) < 4.78 is 5.59. The van der Waals surface area contributed by atoms with E-state index in [2.05, 4.69) is 27.4 Å². The van der Waals surface area contributed by atoms with Crippen LogP contribution in [0.2, 0.25) is 0 Å². The third-order valence-corrected chi connectivity index (χ3v) is 3.47. The van der Waals surface area contributed by atoms with E-state index in [1.807, 2.05) is 6.07 Å². The van der Waals surface area contributed by atoms with Crippen LogP contribution in [0.5, 0.6) is 5.75 Å². The summed E-state index contributed by atoms with van der Waals surface area (Å²) in [4.78, 5) is 19.7. The van der Waals surface area contributed by atoms with Gasteiger partial charge in [-0.3, -0.25) is 9.78 Å². The van der Waals surface area contributed by atoms with Crippen molar-refractivity contribution in [2.45, 2.75) is 19.3 Å². The van der Waals surface area contributed by atoms with Gasteiger partial charge in [-0.05, 0) is 36.5 Å². The highest BCUT2D eigenvalue weighted by Gasteiger charge is 2.11. The number of benzene rings is 1. The molecule has 1 aromatic carbocycles. The van der Waals surface area contributed by atoms with Gasteiger partial charge in [-0.25, -0.2) is 4.98 Å². The minimum atomic E-state index is -0.190. The van der Waals surface area contributed by atoms with Crippen molar-refractivity contribution >= 4 is 5.91 Å². The number of carbonyl (C=O) groups excluding carboxylic acids is 1. The zero-order valence-corrected chi connectivity index (χ0v) is 11.7. The maximum Gasteiger partial charge on any atom is 0.271 e. The average molecular weight is 283 g/mol. The number of ether oxygens (including phenoxy) is 1. The molecule has 0 fully saturated rings. The highest BCUT2D eigenvalue weighted by Crippen LogP contribution is 2.25. The summed E-state index contributed by atoms with van der Waals surface area (Å²) in [7, 11) is 0. The molecule has 0 unspecified atom stereocenters. The highest BCUT2D eigenvalue weighted by molar-refractivity contribution is 5.91. The van der Waals surface area contributed by atoms with Gasteiger partial charge in [-0.2, -0.15) is 0 Å². The fourth-order valence-electron chi connectivity index (χ4n) is 2.40. The van der Waals surface area contributed by atoms with Crippen LogP contribution in [-0.4, -0.2) is 29.0 Å². The predicted molar refractivity (Wildman–Crippen MR) is 78.3 cm³/mol. The molecule has 2 heterocycles. The van der Waals surface area contributed by atoms with Crippen LogP contribution in [-0.2, 0) is 12.8 Å². The van der Waals surface area contributed by atoms with Crippen LogP contribution >= 0.6 is 0 Å². The number of carbonyl (C=O) groups is 1. The van der Waals surface area contributed by atoms with Gasteiger partial charge in [-0.15, -0.1) is 0 Å². The summed E-state index contributed by atoms with van der Waals surface area (Å²) in [6.07, 6.45) is 7.45. The number of rotatable bonds is 4. The van der Waals surface area contributed by atoms with Gasteiger partial charge in [0.2, 0.25) is 0 Å². The molecule has 5 heteroatoms. The smallest absolute Gasteiger partial charge is 0.271 e. The molecule has 0 spiro atoms. The molecule has 1 aliphatic heterocycles. The molecule has 0 bridgehead atoms. The molecule has 3 rings (SSSR count). The minimum absolute atomic E-state index is 0.190. The van der Waals surface area contributed by atoms with Crippen LogP contribution in [0.3, 0.4) is 0 Å². The van der Waals surface area contributed by atoms with E-state index in [-0.39, 0.29) is 5.91 Å². The quantitative estimate of drug-likeness (QED) is 0.929.